The largest absolute Gasteiger partial charge is 0.385 e. The molecule has 17 heavy (non-hydrogen) atoms. The van der Waals surface area contributed by atoms with Crippen LogP contribution < -0.4 is 5.32 Å². The van der Waals surface area contributed by atoms with Gasteiger partial charge in [-0.25, -0.2) is 0 Å². The van der Waals surface area contributed by atoms with Crippen LogP contribution in [0.5, 0.6) is 0 Å². The van der Waals surface area contributed by atoms with Gasteiger partial charge in [0.1, 0.15) is 0 Å². The molecule has 1 aromatic rings. The summed E-state index contributed by atoms with van der Waals surface area (Å²) in [4.78, 5) is 0. The third-order valence-corrected chi connectivity index (χ3v) is 3.85. The topological polar surface area (TPSA) is 35.8 Å². The SMILES string of the molecule is CC1CCCCC1CNc1cccc(C#N)c1. The number of hydrogen-bond acceptors (Lipinski definition) is 2. The summed E-state index contributed by atoms with van der Waals surface area (Å²) >= 11 is 0. The number of rotatable bonds is 3. The number of nitriles is 1. The van der Waals surface area contributed by atoms with Crippen molar-refractivity contribution in [2.45, 2.75) is 32.6 Å². The molecule has 2 nitrogen and oxygen atoms in total. The number of benzene rings is 1. The van der Waals surface area contributed by atoms with Crippen molar-refractivity contribution >= 4 is 5.69 Å². The van der Waals surface area contributed by atoms with E-state index in [1.807, 2.05) is 24.3 Å². The Morgan fingerprint density at radius 2 is 2.18 bits per heavy atom. The van der Waals surface area contributed by atoms with Gasteiger partial charge < -0.3 is 5.32 Å². The lowest BCUT2D eigenvalue weighted by Gasteiger charge is -2.29. The second kappa shape index (κ2) is 5.72. The van der Waals surface area contributed by atoms with Gasteiger partial charge in [-0.1, -0.05) is 32.3 Å². The molecule has 0 spiro atoms. The summed E-state index contributed by atoms with van der Waals surface area (Å²) < 4.78 is 0. The van der Waals surface area contributed by atoms with Gasteiger partial charge in [0.05, 0.1) is 11.6 Å². The van der Waals surface area contributed by atoms with Crippen LogP contribution in [0.1, 0.15) is 38.2 Å². The van der Waals surface area contributed by atoms with Crippen LogP contribution in [-0.4, -0.2) is 6.54 Å². The Hall–Kier alpha value is -1.49. The molecular weight excluding hydrogens is 208 g/mol. The van der Waals surface area contributed by atoms with Crippen LogP contribution in [-0.2, 0) is 0 Å². The van der Waals surface area contributed by atoms with Crippen LogP contribution in [0.2, 0.25) is 0 Å². The van der Waals surface area contributed by atoms with Gasteiger partial charge in [0.25, 0.3) is 0 Å². The van der Waals surface area contributed by atoms with E-state index in [1.165, 1.54) is 25.7 Å². The van der Waals surface area contributed by atoms with E-state index in [2.05, 4.69) is 18.3 Å². The van der Waals surface area contributed by atoms with E-state index in [0.717, 1.165) is 29.6 Å². The number of hydrogen-bond donors (Lipinski definition) is 1. The maximum absolute atomic E-state index is 8.84. The maximum atomic E-state index is 8.84. The van der Waals surface area contributed by atoms with E-state index in [1.54, 1.807) is 0 Å². The van der Waals surface area contributed by atoms with Crippen LogP contribution in [0.15, 0.2) is 24.3 Å². The van der Waals surface area contributed by atoms with Crippen LogP contribution in [0.4, 0.5) is 5.69 Å². The van der Waals surface area contributed by atoms with Crippen molar-refractivity contribution in [2.75, 3.05) is 11.9 Å². The van der Waals surface area contributed by atoms with Gasteiger partial charge in [0.2, 0.25) is 0 Å². The van der Waals surface area contributed by atoms with Gasteiger partial charge >= 0.3 is 0 Å². The van der Waals surface area contributed by atoms with E-state index < -0.39 is 0 Å². The molecule has 0 saturated heterocycles. The molecule has 0 aromatic heterocycles. The molecule has 1 N–H and O–H groups in total. The zero-order valence-electron chi connectivity index (χ0n) is 10.4. The summed E-state index contributed by atoms with van der Waals surface area (Å²) in [6.07, 6.45) is 5.47. The molecule has 2 heteroatoms. The van der Waals surface area contributed by atoms with E-state index in [-0.39, 0.29) is 0 Å². The molecule has 1 aliphatic rings. The van der Waals surface area contributed by atoms with Crippen molar-refractivity contribution in [3.8, 4) is 6.07 Å². The Kier molecular flexibility index (Phi) is 4.03. The molecule has 0 radical (unpaired) electrons. The van der Waals surface area contributed by atoms with Crippen molar-refractivity contribution < 1.29 is 0 Å². The zero-order valence-corrected chi connectivity index (χ0v) is 10.4. The van der Waals surface area contributed by atoms with Crippen LogP contribution in [0.3, 0.4) is 0 Å². The van der Waals surface area contributed by atoms with E-state index >= 15 is 0 Å². The average Bonchev–Trinajstić information content (AvgIpc) is 2.38. The predicted octanol–water partition coefficient (Wildman–Crippen LogP) is 3.80. The third-order valence-electron chi connectivity index (χ3n) is 3.85. The Balaban J connectivity index is 1.90. The summed E-state index contributed by atoms with van der Waals surface area (Å²) in [5.74, 6) is 1.62. The van der Waals surface area contributed by atoms with Crippen molar-refractivity contribution in [1.29, 1.82) is 5.26 Å². The highest BCUT2D eigenvalue weighted by Crippen LogP contribution is 2.29. The lowest BCUT2D eigenvalue weighted by atomic mass is 9.80. The smallest absolute Gasteiger partial charge is 0.0992 e. The van der Waals surface area contributed by atoms with E-state index in [4.69, 9.17) is 5.26 Å². The fraction of sp³-hybridized carbons (Fsp3) is 0.533. The molecule has 0 aliphatic heterocycles. The maximum Gasteiger partial charge on any atom is 0.0992 e. The summed E-state index contributed by atoms with van der Waals surface area (Å²) in [5.41, 5.74) is 1.80. The molecule has 1 aromatic carbocycles. The Morgan fingerprint density at radius 1 is 1.35 bits per heavy atom. The fourth-order valence-corrected chi connectivity index (χ4v) is 2.64. The summed E-state index contributed by atoms with van der Waals surface area (Å²) in [5, 5.41) is 12.3. The predicted molar refractivity (Wildman–Crippen MR) is 70.8 cm³/mol. The highest BCUT2D eigenvalue weighted by molar-refractivity contribution is 5.49. The second-order valence-corrected chi connectivity index (χ2v) is 5.10. The molecular formula is C15H20N2. The molecule has 2 atom stereocenters. The summed E-state index contributed by atoms with van der Waals surface area (Å²) in [6.45, 7) is 3.40. The fourth-order valence-electron chi connectivity index (χ4n) is 2.64. The van der Waals surface area contributed by atoms with Crippen molar-refractivity contribution in [3.05, 3.63) is 29.8 Å². The first-order chi connectivity index (χ1) is 8.29. The Labute approximate surface area is 104 Å². The number of nitrogens with one attached hydrogen (secondary N) is 1. The average molecular weight is 228 g/mol. The molecule has 0 heterocycles. The van der Waals surface area contributed by atoms with Gasteiger partial charge in [0, 0.05) is 12.2 Å². The minimum Gasteiger partial charge on any atom is -0.385 e. The molecule has 2 unspecified atom stereocenters. The van der Waals surface area contributed by atoms with Gasteiger partial charge in [0.15, 0.2) is 0 Å². The van der Waals surface area contributed by atoms with Crippen LogP contribution >= 0.6 is 0 Å². The normalized spacial score (nSPS) is 24.0. The van der Waals surface area contributed by atoms with Crippen LogP contribution in [0.25, 0.3) is 0 Å². The minimum atomic E-state index is 0.728. The third kappa shape index (κ3) is 3.23. The monoisotopic (exact) mass is 228 g/mol. The van der Waals surface area contributed by atoms with Gasteiger partial charge in [-0.3, -0.25) is 0 Å². The molecule has 1 saturated carbocycles. The Morgan fingerprint density at radius 3 is 2.94 bits per heavy atom. The zero-order chi connectivity index (χ0) is 12.1. The first-order valence-electron chi connectivity index (χ1n) is 6.53. The molecule has 0 amide bonds. The van der Waals surface area contributed by atoms with Crippen molar-refractivity contribution in [2.24, 2.45) is 11.8 Å². The lowest BCUT2D eigenvalue weighted by Crippen LogP contribution is -2.24. The highest BCUT2D eigenvalue weighted by Gasteiger charge is 2.20. The standard InChI is InChI=1S/C15H20N2/c1-12-5-2-3-7-14(12)11-17-15-8-4-6-13(9-15)10-16/h4,6,8-9,12,14,17H,2-3,5,7,11H2,1H3. The summed E-state index contributed by atoms with van der Waals surface area (Å²) in [7, 11) is 0. The molecule has 90 valence electrons. The van der Waals surface area contributed by atoms with Gasteiger partial charge in [-0.15, -0.1) is 0 Å². The van der Waals surface area contributed by atoms with Crippen molar-refractivity contribution in [3.63, 3.8) is 0 Å². The first kappa shape index (κ1) is 12.0. The highest BCUT2D eigenvalue weighted by atomic mass is 14.9. The molecule has 1 aliphatic carbocycles. The number of anilines is 1. The minimum absolute atomic E-state index is 0.728. The molecule has 2 rings (SSSR count). The lowest BCUT2D eigenvalue weighted by molar-refractivity contribution is 0.268. The van der Waals surface area contributed by atoms with E-state index in [0.29, 0.717) is 0 Å². The first-order valence-corrected chi connectivity index (χ1v) is 6.53. The number of nitrogens with zero attached hydrogens (tertiary/aromatic N) is 1. The van der Waals surface area contributed by atoms with Gasteiger partial charge in [-0.05, 0) is 36.5 Å². The molecule has 0 bridgehead atoms. The Bertz CT molecular complexity index is 406. The summed E-state index contributed by atoms with van der Waals surface area (Å²) in [6, 6.07) is 9.91. The second-order valence-electron chi connectivity index (χ2n) is 5.10. The quantitative estimate of drug-likeness (QED) is 0.854. The van der Waals surface area contributed by atoms with Gasteiger partial charge in [-0.2, -0.15) is 5.26 Å². The van der Waals surface area contributed by atoms with Crippen LogP contribution in [0, 0.1) is 23.2 Å². The van der Waals surface area contributed by atoms with Crippen molar-refractivity contribution in [1.82, 2.24) is 0 Å². The molecule has 1 fully saturated rings. The van der Waals surface area contributed by atoms with E-state index in [9.17, 15) is 0 Å².